The molecule has 1 atom stereocenters. The molecule has 0 fully saturated rings. The Balaban J connectivity index is 0.00000163. The predicted molar refractivity (Wildman–Crippen MR) is 216 cm³/mol. The van der Waals surface area contributed by atoms with Gasteiger partial charge in [-0.25, -0.2) is 0 Å². The molecule has 1 unspecified atom stereocenters. The van der Waals surface area contributed by atoms with E-state index in [0.717, 1.165) is 58.8 Å². The minimum absolute atomic E-state index is 0.344. The van der Waals surface area contributed by atoms with Crippen LogP contribution in [0.3, 0.4) is 0 Å². The molecule has 0 heterocycles. The summed E-state index contributed by atoms with van der Waals surface area (Å²) in [6.45, 7) is 18.5. The van der Waals surface area contributed by atoms with Gasteiger partial charge < -0.3 is 35.1 Å². The first-order valence-corrected chi connectivity index (χ1v) is 18.5. The van der Waals surface area contributed by atoms with Gasteiger partial charge in [-0.15, -0.1) is 0 Å². The molecule has 3 aromatic rings. The molecule has 3 rings (SSSR count). The van der Waals surface area contributed by atoms with Crippen molar-refractivity contribution in [2.45, 2.75) is 99.4 Å². The smallest absolute Gasteiger partial charge is 0.124 e. The van der Waals surface area contributed by atoms with E-state index in [1.807, 2.05) is 49.1 Å². The van der Waals surface area contributed by atoms with Crippen LogP contribution in [0.4, 0.5) is 0 Å². The van der Waals surface area contributed by atoms with E-state index in [4.69, 9.17) is 0 Å². The normalized spacial score (nSPS) is 12.7. The molecule has 0 spiro atoms. The molecular formula is C43H73N5O2. The average molecular weight is 692 g/mol. The van der Waals surface area contributed by atoms with Crippen LogP contribution in [0.25, 0.3) is 0 Å². The van der Waals surface area contributed by atoms with Crippen molar-refractivity contribution in [2.24, 2.45) is 5.92 Å². The number of phenols is 2. The van der Waals surface area contributed by atoms with Gasteiger partial charge in [0.2, 0.25) is 0 Å². The van der Waals surface area contributed by atoms with Crippen LogP contribution < -0.4 is 5.32 Å². The predicted octanol–water partition coefficient (Wildman–Crippen LogP) is 8.06. The molecule has 0 radical (unpaired) electrons. The van der Waals surface area contributed by atoms with Crippen LogP contribution in [0.2, 0.25) is 0 Å². The third-order valence-electron chi connectivity index (χ3n) is 8.86. The van der Waals surface area contributed by atoms with Crippen LogP contribution in [0.1, 0.15) is 105 Å². The van der Waals surface area contributed by atoms with Gasteiger partial charge in [0.15, 0.2) is 0 Å². The molecule has 50 heavy (non-hydrogen) atoms. The standard InChI is InChI=1S/C36H55N5O2.C5H12.C2H6/c1-12-27-16-32(18-29(34(27)42)23-40(8)9)36(2,31-14-25(21-38(4)5)13-26(15-31)22-39(6)7)33-17-28(20-37-3)35(43)30(19-33)24-41(10)11;1-4-5(2)3;1-2/h13-19,37,42-43H,12,20-24H2,1-11H3;5H,4H2,1-3H3;1-2H3. The van der Waals surface area contributed by atoms with Crippen molar-refractivity contribution in [2.75, 3.05) is 63.4 Å². The van der Waals surface area contributed by atoms with Crippen molar-refractivity contribution < 1.29 is 10.2 Å². The van der Waals surface area contributed by atoms with Gasteiger partial charge in [-0.1, -0.05) is 72.2 Å². The van der Waals surface area contributed by atoms with E-state index in [1.54, 1.807) is 0 Å². The summed E-state index contributed by atoms with van der Waals surface area (Å²) in [4.78, 5) is 8.61. The Morgan fingerprint density at radius 1 is 0.580 bits per heavy atom. The van der Waals surface area contributed by atoms with Gasteiger partial charge in [0.05, 0.1) is 0 Å². The van der Waals surface area contributed by atoms with Crippen LogP contribution in [-0.4, -0.2) is 93.2 Å². The van der Waals surface area contributed by atoms with E-state index < -0.39 is 5.41 Å². The molecule has 7 heteroatoms. The Bertz CT molecular complexity index is 1420. The van der Waals surface area contributed by atoms with Crippen molar-refractivity contribution in [3.8, 4) is 11.5 Å². The second-order valence-corrected chi connectivity index (χ2v) is 15.1. The summed E-state index contributed by atoms with van der Waals surface area (Å²) in [5.74, 6) is 1.61. The van der Waals surface area contributed by atoms with Gasteiger partial charge >= 0.3 is 0 Å². The lowest BCUT2D eigenvalue weighted by atomic mass is 9.69. The fourth-order valence-corrected chi connectivity index (χ4v) is 6.08. The number of nitrogens with one attached hydrogen (secondary N) is 1. The third kappa shape index (κ3) is 13.0. The number of aromatic hydroxyl groups is 2. The number of phenolic OH excluding ortho intramolecular Hbond substituents is 2. The van der Waals surface area contributed by atoms with Crippen molar-refractivity contribution in [1.29, 1.82) is 0 Å². The van der Waals surface area contributed by atoms with Gasteiger partial charge in [0, 0.05) is 54.8 Å². The molecule has 0 aliphatic rings. The lowest BCUT2D eigenvalue weighted by Crippen LogP contribution is -2.28. The minimum Gasteiger partial charge on any atom is -0.507 e. The van der Waals surface area contributed by atoms with Gasteiger partial charge in [0.1, 0.15) is 11.5 Å². The molecule has 0 saturated carbocycles. The molecule has 3 N–H and O–H groups in total. The lowest BCUT2D eigenvalue weighted by Gasteiger charge is -2.35. The quantitative estimate of drug-likeness (QED) is 0.139. The summed E-state index contributed by atoms with van der Waals surface area (Å²) >= 11 is 0. The molecule has 0 aliphatic carbocycles. The molecule has 0 aliphatic heterocycles. The fraction of sp³-hybridized carbons (Fsp3) is 0.581. The molecule has 0 amide bonds. The van der Waals surface area contributed by atoms with Gasteiger partial charge in [-0.05, 0) is 134 Å². The number of hydrogen-bond acceptors (Lipinski definition) is 7. The molecule has 0 bridgehead atoms. The second-order valence-electron chi connectivity index (χ2n) is 15.1. The number of hydrogen-bond donors (Lipinski definition) is 3. The van der Waals surface area contributed by atoms with E-state index in [0.29, 0.717) is 31.1 Å². The molecule has 0 aromatic heterocycles. The maximum Gasteiger partial charge on any atom is 0.124 e. The number of benzene rings is 3. The summed E-state index contributed by atoms with van der Waals surface area (Å²) in [5.41, 5.74) is 9.05. The second kappa shape index (κ2) is 21.4. The molecule has 282 valence electrons. The van der Waals surface area contributed by atoms with Gasteiger partial charge in [-0.3, -0.25) is 0 Å². The summed E-state index contributed by atoms with van der Waals surface area (Å²) in [5, 5.41) is 25.9. The fourth-order valence-electron chi connectivity index (χ4n) is 6.08. The Kier molecular flexibility index (Phi) is 19.3. The third-order valence-corrected chi connectivity index (χ3v) is 8.86. The highest BCUT2D eigenvalue weighted by Crippen LogP contribution is 2.44. The highest BCUT2D eigenvalue weighted by Gasteiger charge is 2.35. The van der Waals surface area contributed by atoms with E-state index in [2.05, 4.69) is 130 Å². The minimum atomic E-state index is -0.570. The van der Waals surface area contributed by atoms with Crippen LogP contribution in [0, 0.1) is 5.92 Å². The Morgan fingerprint density at radius 2 is 0.920 bits per heavy atom. The Morgan fingerprint density at radius 3 is 1.26 bits per heavy atom. The van der Waals surface area contributed by atoms with E-state index in [1.165, 1.54) is 23.1 Å². The molecule has 0 saturated heterocycles. The van der Waals surface area contributed by atoms with Crippen LogP contribution in [0.5, 0.6) is 11.5 Å². The highest BCUT2D eigenvalue weighted by atomic mass is 16.3. The van der Waals surface area contributed by atoms with Gasteiger partial charge in [-0.2, -0.15) is 0 Å². The maximum absolute atomic E-state index is 11.3. The summed E-state index contributed by atoms with van der Waals surface area (Å²) < 4.78 is 0. The Labute approximate surface area is 307 Å². The topological polar surface area (TPSA) is 65.5 Å². The zero-order valence-corrected chi connectivity index (χ0v) is 34.8. The van der Waals surface area contributed by atoms with Crippen molar-refractivity contribution >= 4 is 0 Å². The number of aryl methyl sites for hydroxylation is 1. The van der Waals surface area contributed by atoms with Crippen LogP contribution in [0.15, 0.2) is 42.5 Å². The largest absolute Gasteiger partial charge is 0.507 e. The lowest BCUT2D eigenvalue weighted by molar-refractivity contribution is 0.382. The maximum atomic E-state index is 11.3. The highest BCUT2D eigenvalue weighted by molar-refractivity contribution is 5.58. The monoisotopic (exact) mass is 692 g/mol. The first-order chi connectivity index (χ1) is 23.5. The zero-order chi connectivity index (χ0) is 38.3. The van der Waals surface area contributed by atoms with Gasteiger partial charge in [0.25, 0.3) is 0 Å². The van der Waals surface area contributed by atoms with Crippen LogP contribution >= 0.6 is 0 Å². The SMILES string of the molecule is CC.CCC(C)C.CCc1cc(C(C)(c2cc(CN(C)C)cc(CN(C)C)c2)c2cc(CNC)c(O)c(CN(C)C)c2)cc(CN(C)C)c1O. The molecule has 7 nitrogen and oxygen atoms in total. The van der Waals surface area contributed by atoms with Crippen LogP contribution in [-0.2, 0) is 44.6 Å². The number of rotatable bonds is 15. The van der Waals surface area contributed by atoms with Crippen molar-refractivity contribution in [3.05, 3.63) is 92.5 Å². The molecular weight excluding hydrogens is 619 g/mol. The number of nitrogens with zero attached hydrogens (tertiary/aromatic N) is 4. The summed E-state index contributed by atoms with van der Waals surface area (Å²) in [6, 6.07) is 15.7. The Hall–Kier alpha value is -2.94. The van der Waals surface area contributed by atoms with E-state index >= 15 is 0 Å². The van der Waals surface area contributed by atoms with Crippen molar-refractivity contribution in [1.82, 2.24) is 24.9 Å². The first kappa shape index (κ1) is 45.1. The first-order valence-electron chi connectivity index (χ1n) is 18.5. The molecule has 3 aromatic carbocycles. The van der Waals surface area contributed by atoms with E-state index in [-0.39, 0.29) is 0 Å². The average Bonchev–Trinajstić information content (AvgIpc) is 3.03. The summed E-state index contributed by atoms with van der Waals surface area (Å²) in [6.07, 6.45) is 2.04. The zero-order valence-electron chi connectivity index (χ0n) is 34.8. The summed E-state index contributed by atoms with van der Waals surface area (Å²) in [7, 11) is 18.5. The van der Waals surface area contributed by atoms with Crippen molar-refractivity contribution in [3.63, 3.8) is 0 Å². The van der Waals surface area contributed by atoms with E-state index in [9.17, 15) is 10.2 Å².